The van der Waals surface area contributed by atoms with E-state index in [1.54, 1.807) is 12.1 Å². The second-order valence-corrected chi connectivity index (χ2v) is 8.94. The summed E-state index contributed by atoms with van der Waals surface area (Å²) in [6.45, 7) is 0. The van der Waals surface area contributed by atoms with Gasteiger partial charge in [0.05, 0.1) is 24.4 Å². The van der Waals surface area contributed by atoms with Crippen molar-refractivity contribution in [3.8, 4) is 0 Å². The van der Waals surface area contributed by atoms with E-state index in [2.05, 4.69) is 27.3 Å². The van der Waals surface area contributed by atoms with Gasteiger partial charge in [0, 0.05) is 4.47 Å². The molecular weight excluding hydrogens is 409 g/mol. The number of benzene rings is 2. The number of methoxy groups -OCH3 is 1. The van der Waals surface area contributed by atoms with E-state index in [0.29, 0.717) is 34.9 Å². The molecule has 1 heterocycles. The highest BCUT2D eigenvalue weighted by atomic mass is 79.9. The number of hydrogen-bond acceptors (Lipinski definition) is 3. The molecule has 2 bridgehead atoms. The third-order valence-corrected chi connectivity index (χ3v) is 7.26. The smallest absolute Gasteiger partial charge is 0.337 e. The molecule has 27 heavy (non-hydrogen) atoms. The molecule has 2 saturated carbocycles. The standard InChI is InChI=1S/C22H21BrFNO2/c1-27-22(26)12-4-2-11(3-5-12)20-19-14-7-6-13(8-14)18(19)16-9-15(23)10-17(24)21(16)25-20/h2-5,9-10,13-14,18-20,25H,6-8H2,1H3/t13-,14-,18-,19+,20-/m0/s1. The van der Waals surface area contributed by atoms with Crippen molar-refractivity contribution in [3.05, 3.63) is 63.4 Å². The molecule has 5 atom stereocenters. The quantitative estimate of drug-likeness (QED) is 0.624. The first kappa shape index (κ1) is 17.2. The summed E-state index contributed by atoms with van der Waals surface area (Å²) in [7, 11) is 1.39. The number of esters is 1. The lowest BCUT2D eigenvalue weighted by Crippen LogP contribution is -2.36. The molecule has 2 fully saturated rings. The number of ether oxygens (including phenoxy) is 1. The zero-order valence-corrected chi connectivity index (χ0v) is 16.6. The van der Waals surface area contributed by atoms with Crippen LogP contribution < -0.4 is 5.32 Å². The number of hydrogen-bond donors (Lipinski definition) is 1. The summed E-state index contributed by atoms with van der Waals surface area (Å²) in [5, 5.41) is 3.52. The maximum atomic E-state index is 14.8. The fourth-order valence-electron chi connectivity index (χ4n) is 5.79. The Hall–Kier alpha value is -1.88. The average molecular weight is 430 g/mol. The SMILES string of the molecule is COC(=O)c1ccc([C@@H]2Nc3c(F)cc(Br)cc3[C@@H]3[C@H]4CC[C@@H](C4)[C@H]32)cc1. The molecule has 0 unspecified atom stereocenters. The van der Waals surface area contributed by atoms with Crippen molar-refractivity contribution in [1.82, 2.24) is 0 Å². The Morgan fingerprint density at radius 1 is 1.19 bits per heavy atom. The predicted octanol–water partition coefficient (Wildman–Crippen LogP) is 5.67. The van der Waals surface area contributed by atoms with E-state index in [1.807, 2.05) is 12.1 Å². The number of rotatable bonds is 2. The van der Waals surface area contributed by atoms with Crippen LogP contribution in [0.3, 0.4) is 0 Å². The van der Waals surface area contributed by atoms with Gasteiger partial charge < -0.3 is 10.1 Å². The molecule has 2 aromatic carbocycles. The van der Waals surface area contributed by atoms with Crippen LogP contribution in [-0.4, -0.2) is 13.1 Å². The molecule has 0 aromatic heterocycles. The minimum atomic E-state index is -0.336. The molecule has 3 aliphatic rings. The van der Waals surface area contributed by atoms with Crippen LogP contribution in [0.1, 0.15) is 52.7 Å². The van der Waals surface area contributed by atoms with Crippen molar-refractivity contribution in [2.45, 2.75) is 31.2 Å². The van der Waals surface area contributed by atoms with Crippen molar-refractivity contribution >= 4 is 27.6 Å². The molecule has 0 radical (unpaired) electrons. The zero-order chi connectivity index (χ0) is 18.7. The maximum absolute atomic E-state index is 14.8. The predicted molar refractivity (Wildman–Crippen MR) is 105 cm³/mol. The Kier molecular flexibility index (Phi) is 4.04. The van der Waals surface area contributed by atoms with E-state index in [0.717, 1.165) is 15.6 Å². The Morgan fingerprint density at radius 2 is 1.93 bits per heavy atom. The van der Waals surface area contributed by atoms with Gasteiger partial charge in [0.15, 0.2) is 0 Å². The van der Waals surface area contributed by atoms with Gasteiger partial charge in [0.2, 0.25) is 0 Å². The van der Waals surface area contributed by atoms with Gasteiger partial charge >= 0.3 is 5.97 Å². The normalized spacial score (nSPS) is 30.4. The third-order valence-electron chi connectivity index (χ3n) is 6.80. The van der Waals surface area contributed by atoms with Gasteiger partial charge in [-0.3, -0.25) is 0 Å². The van der Waals surface area contributed by atoms with Crippen molar-refractivity contribution < 1.29 is 13.9 Å². The Bertz CT molecular complexity index is 913. The van der Waals surface area contributed by atoms with E-state index in [9.17, 15) is 9.18 Å². The molecule has 0 amide bonds. The first-order valence-electron chi connectivity index (χ1n) is 9.50. The molecule has 140 valence electrons. The second-order valence-electron chi connectivity index (χ2n) is 8.02. The Morgan fingerprint density at radius 3 is 2.67 bits per heavy atom. The number of halogens is 2. The van der Waals surface area contributed by atoms with Crippen LogP contribution in [0.2, 0.25) is 0 Å². The Labute approximate surface area is 166 Å². The van der Waals surface area contributed by atoms with Crippen LogP contribution in [0, 0.1) is 23.6 Å². The third kappa shape index (κ3) is 2.62. The molecule has 5 heteroatoms. The largest absolute Gasteiger partial charge is 0.465 e. The minimum absolute atomic E-state index is 0.0696. The van der Waals surface area contributed by atoms with Gasteiger partial charge in [-0.25, -0.2) is 9.18 Å². The van der Waals surface area contributed by atoms with Crippen LogP contribution in [0.25, 0.3) is 0 Å². The lowest BCUT2D eigenvalue weighted by molar-refractivity contribution is 0.0600. The van der Waals surface area contributed by atoms with Gasteiger partial charge in [0.25, 0.3) is 0 Å². The monoisotopic (exact) mass is 429 g/mol. The Balaban J connectivity index is 1.58. The minimum Gasteiger partial charge on any atom is -0.465 e. The van der Waals surface area contributed by atoms with E-state index in [4.69, 9.17) is 4.74 Å². The average Bonchev–Trinajstić information content (AvgIpc) is 3.29. The van der Waals surface area contributed by atoms with Gasteiger partial charge in [0.1, 0.15) is 5.82 Å². The van der Waals surface area contributed by atoms with Gasteiger partial charge in [-0.15, -0.1) is 0 Å². The van der Waals surface area contributed by atoms with Crippen molar-refractivity contribution in [3.63, 3.8) is 0 Å². The van der Waals surface area contributed by atoms with Crippen molar-refractivity contribution in [2.75, 3.05) is 12.4 Å². The van der Waals surface area contributed by atoms with E-state index in [-0.39, 0.29) is 17.8 Å². The highest BCUT2D eigenvalue weighted by molar-refractivity contribution is 9.10. The van der Waals surface area contributed by atoms with Crippen LogP contribution in [0.5, 0.6) is 0 Å². The summed E-state index contributed by atoms with van der Waals surface area (Å²) < 4.78 is 20.4. The van der Waals surface area contributed by atoms with Gasteiger partial charge in [-0.05, 0) is 78.3 Å². The van der Waals surface area contributed by atoms with Crippen molar-refractivity contribution in [2.24, 2.45) is 17.8 Å². The van der Waals surface area contributed by atoms with E-state index < -0.39 is 0 Å². The highest BCUT2D eigenvalue weighted by Crippen LogP contribution is 2.64. The van der Waals surface area contributed by atoms with Crippen molar-refractivity contribution in [1.29, 1.82) is 0 Å². The number of carbonyl (C=O) groups is 1. The molecular formula is C22H21BrFNO2. The molecule has 1 N–H and O–H groups in total. The molecule has 2 aromatic rings. The number of fused-ring (bicyclic) bond motifs is 7. The van der Waals surface area contributed by atoms with Crippen LogP contribution in [-0.2, 0) is 4.74 Å². The highest BCUT2D eigenvalue weighted by Gasteiger charge is 2.54. The number of nitrogens with one attached hydrogen (secondary N) is 1. The molecule has 2 aliphatic carbocycles. The summed E-state index contributed by atoms with van der Waals surface area (Å²) in [6, 6.07) is 11.3. The maximum Gasteiger partial charge on any atom is 0.337 e. The summed E-state index contributed by atoms with van der Waals surface area (Å²) in [5.41, 5.74) is 3.42. The van der Waals surface area contributed by atoms with Gasteiger partial charge in [-0.2, -0.15) is 0 Å². The van der Waals surface area contributed by atoms with Crippen LogP contribution in [0.4, 0.5) is 10.1 Å². The zero-order valence-electron chi connectivity index (χ0n) is 15.0. The number of anilines is 1. The first-order valence-corrected chi connectivity index (χ1v) is 10.3. The van der Waals surface area contributed by atoms with E-state index in [1.165, 1.54) is 32.4 Å². The molecule has 0 spiro atoms. The lowest BCUT2D eigenvalue weighted by atomic mass is 9.68. The van der Waals surface area contributed by atoms with Crippen LogP contribution in [0.15, 0.2) is 40.9 Å². The molecule has 1 aliphatic heterocycles. The number of carbonyl (C=O) groups excluding carboxylic acids is 1. The molecule has 3 nitrogen and oxygen atoms in total. The van der Waals surface area contributed by atoms with Crippen LogP contribution >= 0.6 is 15.9 Å². The summed E-state index contributed by atoms with van der Waals surface area (Å²) in [6.07, 6.45) is 3.74. The molecule has 5 rings (SSSR count). The fraction of sp³-hybridized carbons (Fsp3) is 0.409. The summed E-state index contributed by atoms with van der Waals surface area (Å²) in [4.78, 5) is 11.7. The summed E-state index contributed by atoms with van der Waals surface area (Å²) >= 11 is 3.47. The lowest BCUT2D eigenvalue weighted by Gasteiger charge is -2.43. The van der Waals surface area contributed by atoms with E-state index >= 15 is 0 Å². The topological polar surface area (TPSA) is 38.3 Å². The second kappa shape index (κ2) is 6.33. The fourth-order valence-corrected chi connectivity index (χ4v) is 6.23. The first-order chi connectivity index (χ1) is 13.1. The summed E-state index contributed by atoms with van der Waals surface area (Å²) in [5.74, 6) is 1.65. The van der Waals surface area contributed by atoms with Gasteiger partial charge in [-0.1, -0.05) is 28.1 Å². The molecule has 0 saturated heterocycles.